The number of aryl methyl sites for hydroxylation is 1. The van der Waals surface area contributed by atoms with Gasteiger partial charge >= 0.3 is 0 Å². The van der Waals surface area contributed by atoms with Gasteiger partial charge in [0.1, 0.15) is 0 Å². The van der Waals surface area contributed by atoms with E-state index in [1.54, 1.807) is 6.92 Å². The maximum Gasteiger partial charge on any atom is 0.246 e. The second-order valence-electron chi connectivity index (χ2n) is 6.70. The van der Waals surface area contributed by atoms with Crippen LogP contribution in [0, 0.1) is 12.8 Å². The van der Waals surface area contributed by atoms with E-state index < -0.39 is 10.0 Å². The van der Waals surface area contributed by atoms with Gasteiger partial charge in [0, 0.05) is 18.7 Å². The van der Waals surface area contributed by atoms with E-state index in [0.717, 1.165) is 11.1 Å². The van der Waals surface area contributed by atoms with Gasteiger partial charge in [-0.3, -0.25) is 4.79 Å². The van der Waals surface area contributed by atoms with Crippen molar-refractivity contribution in [2.24, 2.45) is 5.92 Å². The first-order valence-electron chi connectivity index (χ1n) is 9.04. The molecule has 1 aromatic carbocycles. The Morgan fingerprint density at radius 2 is 2.22 bits per heavy atom. The summed E-state index contributed by atoms with van der Waals surface area (Å²) in [5.74, 6) is 0.278. The van der Waals surface area contributed by atoms with Crippen molar-refractivity contribution in [2.45, 2.75) is 33.2 Å². The van der Waals surface area contributed by atoms with Gasteiger partial charge in [0.05, 0.1) is 18.2 Å². The van der Waals surface area contributed by atoms with Crippen molar-refractivity contribution in [1.82, 2.24) is 19.8 Å². The van der Waals surface area contributed by atoms with Crippen LogP contribution in [0.2, 0.25) is 0 Å². The third-order valence-corrected chi connectivity index (χ3v) is 6.52. The lowest BCUT2D eigenvalue weighted by molar-refractivity contribution is -0.126. The van der Waals surface area contributed by atoms with Crippen molar-refractivity contribution in [3.63, 3.8) is 0 Å². The van der Waals surface area contributed by atoms with Gasteiger partial charge in [-0.25, -0.2) is 12.7 Å². The molecule has 1 aliphatic heterocycles. The van der Waals surface area contributed by atoms with Gasteiger partial charge in [0.15, 0.2) is 0 Å². The van der Waals surface area contributed by atoms with Crippen LogP contribution in [0.25, 0.3) is 11.4 Å². The molecule has 0 bridgehead atoms. The van der Waals surface area contributed by atoms with Crippen LogP contribution in [0.1, 0.15) is 31.2 Å². The molecule has 1 aliphatic rings. The van der Waals surface area contributed by atoms with Crippen LogP contribution in [0.15, 0.2) is 28.8 Å². The SMILES string of the molecule is CCS(=O)(=O)N1CCCC(C(=O)NCc2nc(-c3cccc(C)c3)no2)C1. The highest BCUT2D eigenvalue weighted by atomic mass is 32.2. The minimum atomic E-state index is -3.27. The van der Waals surface area contributed by atoms with Crippen molar-refractivity contribution >= 4 is 15.9 Å². The lowest BCUT2D eigenvalue weighted by Gasteiger charge is -2.30. The predicted molar refractivity (Wildman–Crippen MR) is 100 cm³/mol. The summed E-state index contributed by atoms with van der Waals surface area (Å²) in [6, 6.07) is 7.75. The quantitative estimate of drug-likeness (QED) is 0.802. The lowest BCUT2D eigenvalue weighted by atomic mass is 9.99. The summed E-state index contributed by atoms with van der Waals surface area (Å²) < 4.78 is 30.7. The van der Waals surface area contributed by atoms with Gasteiger partial charge < -0.3 is 9.84 Å². The molecule has 2 aromatic rings. The number of sulfonamides is 1. The molecule has 146 valence electrons. The van der Waals surface area contributed by atoms with Crippen LogP contribution >= 0.6 is 0 Å². The molecule has 1 unspecified atom stereocenters. The molecule has 2 heterocycles. The number of rotatable bonds is 6. The normalized spacial score (nSPS) is 18.4. The number of benzene rings is 1. The molecule has 0 radical (unpaired) electrons. The first kappa shape index (κ1) is 19.5. The zero-order valence-electron chi connectivity index (χ0n) is 15.5. The first-order chi connectivity index (χ1) is 12.9. The molecular formula is C18H24N4O4S. The number of hydrogen-bond acceptors (Lipinski definition) is 6. The van der Waals surface area contributed by atoms with E-state index in [2.05, 4.69) is 15.5 Å². The number of aromatic nitrogens is 2. The number of carbonyl (C=O) groups excluding carboxylic acids is 1. The second-order valence-corrected chi connectivity index (χ2v) is 8.95. The molecule has 1 aromatic heterocycles. The third kappa shape index (κ3) is 4.72. The van der Waals surface area contributed by atoms with Crippen molar-refractivity contribution in [3.05, 3.63) is 35.7 Å². The van der Waals surface area contributed by atoms with Crippen LogP contribution < -0.4 is 5.32 Å². The van der Waals surface area contributed by atoms with Crippen LogP contribution in [-0.4, -0.2) is 47.6 Å². The Bertz CT molecular complexity index is 910. The van der Waals surface area contributed by atoms with E-state index in [1.807, 2.05) is 31.2 Å². The molecular weight excluding hydrogens is 368 g/mol. The molecule has 1 amide bonds. The Kier molecular flexibility index (Phi) is 5.91. The predicted octanol–water partition coefficient (Wildman–Crippen LogP) is 1.72. The first-order valence-corrected chi connectivity index (χ1v) is 10.6. The molecule has 9 heteroatoms. The average molecular weight is 392 g/mol. The Labute approximate surface area is 159 Å². The standard InChI is InChI=1S/C18H24N4O4S/c1-3-27(24,25)22-9-5-8-15(12-22)18(23)19-11-16-20-17(21-26-16)14-7-4-6-13(2)10-14/h4,6-7,10,15H,3,5,8-9,11-12H2,1-2H3,(H,19,23). The second kappa shape index (κ2) is 8.18. The maximum absolute atomic E-state index is 12.4. The summed E-state index contributed by atoms with van der Waals surface area (Å²) in [4.78, 5) is 16.7. The molecule has 27 heavy (non-hydrogen) atoms. The molecule has 1 fully saturated rings. The maximum atomic E-state index is 12.4. The number of nitrogens with one attached hydrogen (secondary N) is 1. The Hall–Kier alpha value is -2.26. The van der Waals surface area contributed by atoms with Crippen LogP contribution in [0.4, 0.5) is 0 Å². The zero-order chi connectivity index (χ0) is 19.4. The van der Waals surface area contributed by atoms with Gasteiger partial charge in [0.2, 0.25) is 27.6 Å². The summed E-state index contributed by atoms with van der Waals surface area (Å²) in [5, 5.41) is 6.73. The van der Waals surface area contributed by atoms with Crippen molar-refractivity contribution < 1.29 is 17.7 Å². The highest BCUT2D eigenvalue weighted by molar-refractivity contribution is 7.89. The largest absolute Gasteiger partial charge is 0.347 e. The van der Waals surface area contributed by atoms with Crippen LogP contribution in [0.5, 0.6) is 0 Å². The van der Waals surface area contributed by atoms with Gasteiger partial charge in [-0.2, -0.15) is 4.98 Å². The van der Waals surface area contributed by atoms with Crippen molar-refractivity contribution in [3.8, 4) is 11.4 Å². The van der Waals surface area contributed by atoms with E-state index in [4.69, 9.17) is 4.52 Å². The Morgan fingerprint density at radius 3 is 2.96 bits per heavy atom. The zero-order valence-corrected chi connectivity index (χ0v) is 16.3. The Morgan fingerprint density at radius 1 is 1.41 bits per heavy atom. The molecule has 0 spiro atoms. The molecule has 3 rings (SSSR count). The minimum Gasteiger partial charge on any atom is -0.347 e. The lowest BCUT2D eigenvalue weighted by Crippen LogP contribution is -2.45. The summed E-state index contributed by atoms with van der Waals surface area (Å²) in [6.07, 6.45) is 1.34. The van der Waals surface area contributed by atoms with Gasteiger partial charge in [-0.05, 0) is 32.8 Å². The van der Waals surface area contributed by atoms with Gasteiger partial charge in [0.25, 0.3) is 0 Å². The molecule has 8 nitrogen and oxygen atoms in total. The van der Waals surface area contributed by atoms with E-state index in [0.29, 0.717) is 31.1 Å². The number of hydrogen-bond donors (Lipinski definition) is 1. The summed E-state index contributed by atoms with van der Waals surface area (Å²) >= 11 is 0. The smallest absolute Gasteiger partial charge is 0.246 e. The van der Waals surface area contributed by atoms with Gasteiger partial charge in [-0.15, -0.1) is 0 Å². The highest BCUT2D eigenvalue weighted by Crippen LogP contribution is 2.20. The van der Waals surface area contributed by atoms with Crippen LogP contribution in [-0.2, 0) is 21.4 Å². The molecule has 0 saturated carbocycles. The fraction of sp³-hybridized carbons (Fsp3) is 0.500. The molecule has 0 aliphatic carbocycles. The number of amides is 1. The highest BCUT2D eigenvalue weighted by Gasteiger charge is 2.31. The minimum absolute atomic E-state index is 0.0467. The number of nitrogens with zero attached hydrogens (tertiary/aromatic N) is 3. The van der Waals surface area contributed by atoms with Crippen LogP contribution in [0.3, 0.4) is 0 Å². The molecule has 1 N–H and O–H groups in total. The third-order valence-electron chi connectivity index (χ3n) is 4.67. The number of carbonyl (C=O) groups is 1. The topological polar surface area (TPSA) is 105 Å². The molecule has 1 atom stereocenters. The summed E-state index contributed by atoms with van der Waals surface area (Å²) in [7, 11) is -3.27. The molecule has 1 saturated heterocycles. The van der Waals surface area contributed by atoms with E-state index in [1.165, 1.54) is 4.31 Å². The Balaban J connectivity index is 1.58. The van der Waals surface area contributed by atoms with E-state index >= 15 is 0 Å². The van der Waals surface area contributed by atoms with Gasteiger partial charge in [-0.1, -0.05) is 28.9 Å². The van der Waals surface area contributed by atoms with Crippen molar-refractivity contribution in [1.29, 1.82) is 0 Å². The average Bonchev–Trinajstić information content (AvgIpc) is 3.15. The monoisotopic (exact) mass is 392 g/mol. The summed E-state index contributed by atoms with van der Waals surface area (Å²) in [5.41, 5.74) is 1.94. The van der Waals surface area contributed by atoms with Crippen molar-refractivity contribution in [2.75, 3.05) is 18.8 Å². The fourth-order valence-corrected chi connectivity index (χ4v) is 4.31. The van der Waals surface area contributed by atoms with E-state index in [9.17, 15) is 13.2 Å². The number of piperidine rings is 1. The van der Waals surface area contributed by atoms with E-state index in [-0.39, 0.29) is 30.7 Å². The fourth-order valence-electron chi connectivity index (χ4n) is 3.13. The summed E-state index contributed by atoms with van der Waals surface area (Å²) in [6.45, 7) is 4.41.